The second-order valence-electron chi connectivity index (χ2n) is 3.99. The molecule has 1 heterocycles. The van der Waals surface area contributed by atoms with Gasteiger partial charge in [-0.15, -0.1) is 0 Å². The van der Waals surface area contributed by atoms with Gasteiger partial charge in [-0.3, -0.25) is 0 Å². The zero-order valence-electron chi connectivity index (χ0n) is 9.67. The average Bonchev–Trinajstić information content (AvgIpc) is 2.36. The molecule has 1 aromatic rings. The molecule has 1 aliphatic rings. The Balaban J connectivity index is 2.28. The highest BCUT2D eigenvalue weighted by Crippen LogP contribution is 2.28. The van der Waals surface area contributed by atoms with Crippen LogP contribution in [0.4, 0.5) is 4.39 Å². The Kier molecular flexibility index (Phi) is 4.18. The minimum Gasteiger partial charge on any atom is -0.496 e. The van der Waals surface area contributed by atoms with Gasteiger partial charge in [0.1, 0.15) is 11.6 Å². The van der Waals surface area contributed by atoms with Crippen molar-refractivity contribution < 1.29 is 9.13 Å². The first-order valence-electron chi connectivity index (χ1n) is 5.67. The van der Waals surface area contributed by atoms with Crippen molar-refractivity contribution in [2.45, 2.75) is 18.9 Å². The lowest BCUT2D eigenvalue weighted by Gasteiger charge is -2.23. The van der Waals surface area contributed by atoms with Gasteiger partial charge in [0.25, 0.3) is 0 Å². The third kappa shape index (κ3) is 2.87. The smallest absolute Gasteiger partial charge is 0.137 e. The fourth-order valence-electron chi connectivity index (χ4n) is 1.94. The Labute approximate surface area is 109 Å². The number of hydrogen-bond donors (Lipinski definition) is 1. The quantitative estimate of drug-likeness (QED) is 0.922. The molecule has 17 heavy (non-hydrogen) atoms. The summed E-state index contributed by atoms with van der Waals surface area (Å²) in [6.45, 7) is 0.739. The molecule has 0 saturated heterocycles. The highest BCUT2D eigenvalue weighted by atomic mass is 79.9. The topological polar surface area (TPSA) is 21.3 Å². The number of likely N-dealkylation sites (N-methyl/N-ethyl adjacent to an activating group) is 1. The molecule has 2 rings (SSSR count). The first kappa shape index (κ1) is 12.6. The molecule has 1 aromatic carbocycles. The van der Waals surface area contributed by atoms with E-state index in [0.717, 1.165) is 30.8 Å². The summed E-state index contributed by atoms with van der Waals surface area (Å²) in [5.74, 6) is 0.639. The van der Waals surface area contributed by atoms with Gasteiger partial charge in [0, 0.05) is 0 Å². The van der Waals surface area contributed by atoms with Crippen LogP contribution in [0.15, 0.2) is 34.5 Å². The van der Waals surface area contributed by atoms with E-state index >= 15 is 0 Å². The van der Waals surface area contributed by atoms with Gasteiger partial charge in [-0.25, -0.2) is 4.39 Å². The molecule has 0 aromatic heterocycles. The fourth-order valence-corrected chi connectivity index (χ4v) is 2.19. The maximum Gasteiger partial charge on any atom is 0.137 e. The highest BCUT2D eigenvalue weighted by Gasteiger charge is 2.19. The molecule has 4 heteroatoms. The number of rotatable bonds is 3. The van der Waals surface area contributed by atoms with Crippen molar-refractivity contribution >= 4 is 15.9 Å². The molecule has 1 unspecified atom stereocenters. The maximum absolute atomic E-state index is 13.5. The molecule has 0 saturated carbocycles. The second-order valence-corrected chi connectivity index (χ2v) is 4.85. The van der Waals surface area contributed by atoms with Crippen LogP contribution in [0, 0.1) is 5.82 Å². The van der Waals surface area contributed by atoms with Gasteiger partial charge in [0.15, 0.2) is 0 Å². The molecule has 2 nitrogen and oxygen atoms in total. The summed E-state index contributed by atoms with van der Waals surface area (Å²) >= 11 is 3.16. The molecular weight excluding hydrogens is 285 g/mol. The van der Waals surface area contributed by atoms with E-state index in [1.165, 1.54) is 6.07 Å². The van der Waals surface area contributed by atoms with Crippen molar-refractivity contribution in [3.05, 3.63) is 45.9 Å². The van der Waals surface area contributed by atoms with E-state index < -0.39 is 0 Å². The Morgan fingerprint density at radius 2 is 2.29 bits per heavy atom. The number of ether oxygens (including phenoxy) is 1. The van der Waals surface area contributed by atoms with Crippen LogP contribution < -0.4 is 5.32 Å². The summed E-state index contributed by atoms with van der Waals surface area (Å²) in [4.78, 5) is 0. The number of nitrogens with one attached hydrogen (secondary N) is 1. The van der Waals surface area contributed by atoms with Crippen LogP contribution in [-0.4, -0.2) is 13.7 Å². The van der Waals surface area contributed by atoms with Crippen LogP contribution >= 0.6 is 15.9 Å². The standard InChI is InChI=1S/C13H15BrFNO/c1-16-13(12-4-2-3-7-17-12)9-5-6-10(14)11(15)8-9/h4-6,8,13,16H,2-3,7H2,1H3. The van der Waals surface area contributed by atoms with Crippen LogP contribution in [0.1, 0.15) is 24.4 Å². The normalized spacial score (nSPS) is 17.2. The maximum atomic E-state index is 13.5. The molecule has 1 aliphatic heterocycles. The van der Waals surface area contributed by atoms with E-state index in [4.69, 9.17) is 4.74 Å². The molecule has 0 aliphatic carbocycles. The largest absolute Gasteiger partial charge is 0.496 e. The molecule has 0 bridgehead atoms. The summed E-state index contributed by atoms with van der Waals surface area (Å²) in [6, 6.07) is 5.08. The number of hydrogen-bond acceptors (Lipinski definition) is 2. The van der Waals surface area contributed by atoms with Gasteiger partial charge in [0.2, 0.25) is 0 Å². The predicted octanol–water partition coefficient (Wildman–Crippen LogP) is 3.54. The molecule has 0 fully saturated rings. The number of benzene rings is 1. The molecule has 0 amide bonds. The van der Waals surface area contributed by atoms with Crippen molar-refractivity contribution in [3.63, 3.8) is 0 Å². The Morgan fingerprint density at radius 1 is 1.47 bits per heavy atom. The molecule has 0 radical (unpaired) electrons. The van der Waals surface area contributed by atoms with Gasteiger partial charge in [-0.05, 0) is 59.6 Å². The van der Waals surface area contributed by atoms with Crippen molar-refractivity contribution in [2.24, 2.45) is 0 Å². The zero-order chi connectivity index (χ0) is 12.3. The Bertz CT molecular complexity index is 433. The van der Waals surface area contributed by atoms with Crippen molar-refractivity contribution in [3.8, 4) is 0 Å². The summed E-state index contributed by atoms with van der Waals surface area (Å²) in [5, 5.41) is 3.16. The molecule has 0 spiro atoms. The Morgan fingerprint density at radius 3 is 2.88 bits per heavy atom. The van der Waals surface area contributed by atoms with Gasteiger partial charge in [-0.1, -0.05) is 6.07 Å². The molecular formula is C13H15BrFNO. The summed E-state index contributed by atoms with van der Waals surface area (Å²) in [6.07, 6.45) is 4.14. The van der Waals surface area contributed by atoms with Gasteiger partial charge >= 0.3 is 0 Å². The first-order chi connectivity index (χ1) is 8.22. The van der Waals surface area contributed by atoms with Crippen molar-refractivity contribution in [1.82, 2.24) is 5.32 Å². The number of halogens is 2. The van der Waals surface area contributed by atoms with Gasteiger partial charge < -0.3 is 10.1 Å². The van der Waals surface area contributed by atoms with E-state index in [0.29, 0.717) is 4.47 Å². The predicted molar refractivity (Wildman–Crippen MR) is 69.2 cm³/mol. The van der Waals surface area contributed by atoms with Crippen LogP contribution in [0.5, 0.6) is 0 Å². The lowest BCUT2D eigenvalue weighted by Crippen LogP contribution is -2.22. The van der Waals surface area contributed by atoms with E-state index in [-0.39, 0.29) is 11.9 Å². The second kappa shape index (κ2) is 5.65. The van der Waals surface area contributed by atoms with E-state index in [2.05, 4.69) is 27.3 Å². The summed E-state index contributed by atoms with van der Waals surface area (Å²) < 4.78 is 19.6. The van der Waals surface area contributed by atoms with Crippen LogP contribution in [0.3, 0.4) is 0 Å². The van der Waals surface area contributed by atoms with Crippen LogP contribution in [0.2, 0.25) is 0 Å². The minimum absolute atomic E-state index is 0.0714. The fraction of sp³-hybridized carbons (Fsp3) is 0.385. The monoisotopic (exact) mass is 299 g/mol. The van der Waals surface area contributed by atoms with Crippen molar-refractivity contribution in [1.29, 1.82) is 0 Å². The third-order valence-electron chi connectivity index (χ3n) is 2.81. The molecule has 1 N–H and O–H groups in total. The van der Waals surface area contributed by atoms with E-state index in [1.807, 2.05) is 13.1 Å². The summed E-state index contributed by atoms with van der Waals surface area (Å²) in [7, 11) is 1.85. The summed E-state index contributed by atoms with van der Waals surface area (Å²) in [5.41, 5.74) is 0.876. The third-order valence-corrected chi connectivity index (χ3v) is 3.46. The zero-order valence-corrected chi connectivity index (χ0v) is 11.3. The first-order valence-corrected chi connectivity index (χ1v) is 6.46. The molecule has 92 valence electrons. The lowest BCUT2D eigenvalue weighted by molar-refractivity contribution is 0.169. The van der Waals surface area contributed by atoms with Gasteiger partial charge in [0.05, 0.1) is 17.1 Å². The lowest BCUT2D eigenvalue weighted by atomic mass is 10.0. The average molecular weight is 300 g/mol. The van der Waals surface area contributed by atoms with E-state index in [9.17, 15) is 4.39 Å². The SMILES string of the molecule is CNC(C1=CCCCO1)c1ccc(Br)c(F)c1. The minimum atomic E-state index is -0.251. The van der Waals surface area contributed by atoms with E-state index in [1.54, 1.807) is 6.07 Å². The van der Waals surface area contributed by atoms with Crippen LogP contribution in [-0.2, 0) is 4.74 Å². The highest BCUT2D eigenvalue weighted by molar-refractivity contribution is 9.10. The van der Waals surface area contributed by atoms with Crippen LogP contribution in [0.25, 0.3) is 0 Å². The Hall–Kier alpha value is -0.870. The van der Waals surface area contributed by atoms with Gasteiger partial charge in [-0.2, -0.15) is 0 Å². The van der Waals surface area contributed by atoms with Crippen molar-refractivity contribution in [2.75, 3.05) is 13.7 Å². The molecule has 1 atom stereocenters. The number of allylic oxidation sites excluding steroid dienone is 1.